The summed E-state index contributed by atoms with van der Waals surface area (Å²) in [6.07, 6.45) is 3.50. The molecule has 2 aromatic heterocycles. The van der Waals surface area contributed by atoms with Gasteiger partial charge < -0.3 is 10.7 Å². The first-order valence-electron chi connectivity index (χ1n) is 6.55. The van der Waals surface area contributed by atoms with Gasteiger partial charge in [-0.2, -0.15) is 8.42 Å². The van der Waals surface area contributed by atoms with Crippen LogP contribution in [0, 0.1) is 6.92 Å². The second-order valence-corrected chi connectivity index (χ2v) is 6.11. The number of rotatable bonds is 1. The Balaban J connectivity index is 0.000000268. The Morgan fingerprint density at radius 2 is 1.83 bits per heavy atom. The number of benzene rings is 1. The molecule has 0 spiro atoms. The van der Waals surface area contributed by atoms with Gasteiger partial charge in [0.2, 0.25) is 5.56 Å². The number of aromatic amines is 1. The summed E-state index contributed by atoms with van der Waals surface area (Å²) < 4.78 is 31.2. The van der Waals surface area contributed by atoms with E-state index in [2.05, 4.69) is 9.97 Å². The monoisotopic (exact) mass is 333 g/mol. The lowest BCUT2D eigenvalue weighted by Gasteiger charge is -2.08. The molecule has 0 radical (unpaired) electrons. The summed E-state index contributed by atoms with van der Waals surface area (Å²) in [5.74, 6) is 0. The van der Waals surface area contributed by atoms with Crippen molar-refractivity contribution in [1.82, 2.24) is 9.97 Å². The van der Waals surface area contributed by atoms with Crippen molar-refractivity contribution in [2.75, 3.05) is 5.73 Å². The van der Waals surface area contributed by atoms with Crippen molar-refractivity contribution in [2.24, 2.45) is 0 Å². The van der Waals surface area contributed by atoms with E-state index >= 15 is 0 Å². The molecule has 8 heteroatoms. The van der Waals surface area contributed by atoms with E-state index in [0.29, 0.717) is 16.5 Å². The van der Waals surface area contributed by atoms with Crippen LogP contribution in [0.5, 0.6) is 0 Å². The average Bonchev–Trinajstić information content (AvgIpc) is 2.47. The summed E-state index contributed by atoms with van der Waals surface area (Å²) >= 11 is 0. The number of H-pyrrole nitrogens is 1. The second-order valence-electron chi connectivity index (χ2n) is 4.72. The minimum absolute atomic E-state index is 0.0706. The van der Waals surface area contributed by atoms with Crippen LogP contribution in [0.15, 0.2) is 58.5 Å². The fraction of sp³-hybridized carbons (Fsp3) is 0.0667. The molecule has 0 aliphatic rings. The molecule has 0 fully saturated rings. The van der Waals surface area contributed by atoms with E-state index in [0.717, 1.165) is 6.07 Å². The third-order valence-electron chi connectivity index (χ3n) is 3.05. The van der Waals surface area contributed by atoms with Crippen LogP contribution in [0.2, 0.25) is 0 Å². The number of fused-ring (bicyclic) bond motifs is 1. The van der Waals surface area contributed by atoms with Gasteiger partial charge in [0.1, 0.15) is 4.90 Å². The lowest BCUT2D eigenvalue weighted by atomic mass is 10.1. The third kappa shape index (κ3) is 3.93. The normalized spacial score (nSPS) is 10.9. The molecular formula is C15H15N3O4S. The molecule has 0 aliphatic carbocycles. The summed E-state index contributed by atoms with van der Waals surface area (Å²) in [6.45, 7) is 1.64. The van der Waals surface area contributed by atoms with Crippen LogP contribution in [0.25, 0.3) is 10.9 Å². The summed E-state index contributed by atoms with van der Waals surface area (Å²) in [5, 5.41) is 0.416. The fourth-order valence-electron chi connectivity index (χ4n) is 2.10. The number of hydrogen-bond donors (Lipinski definition) is 3. The molecule has 4 N–H and O–H groups in total. The SMILES string of the molecule is Cc1cc(=O)[nH]c2ccc(S(=O)(=O)O)c(N)c12.c1ccncc1. The van der Waals surface area contributed by atoms with E-state index in [4.69, 9.17) is 10.3 Å². The Hall–Kier alpha value is -2.71. The van der Waals surface area contributed by atoms with Crippen LogP contribution in [-0.4, -0.2) is 22.9 Å². The zero-order chi connectivity index (χ0) is 17.0. The van der Waals surface area contributed by atoms with Crippen molar-refractivity contribution < 1.29 is 13.0 Å². The van der Waals surface area contributed by atoms with E-state index < -0.39 is 10.1 Å². The zero-order valence-corrected chi connectivity index (χ0v) is 13.0. The van der Waals surface area contributed by atoms with Crippen molar-refractivity contribution in [3.8, 4) is 0 Å². The molecule has 3 aromatic rings. The molecule has 0 saturated carbocycles. The Morgan fingerprint density at radius 3 is 2.30 bits per heavy atom. The minimum atomic E-state index is -4.37. The number of nitrogen functional groups attached to an aromatic ring is 1. The van der Waals surface area contributed by atoms with E-state index in [-0.39, 0.29) is 16.1 Å². The molecule has 0 unspecified atom stereocenters. The van der Waals surface area contributed by atoms with Gasteiger partial charge in [-0.25, -0.2) is 0 Å². The summed E-state index contributed by atoms with van der Waals surface area (Å²) in [6, 6.07) is 9.57. The predicted octanol–water partition coefficient (Wildman–Crippen LogP) is 1.75. The quantitative estimate of drug-likeness (QED) is 0.460. The van der Waals surface area contributed by atoms with Crippen LogP contribution in [-0.2, 0) is 10.1 Å². The number of hydrogen-bond acceptors (Lipinski definition) is 5. The topological polar surface area (TPSA) is 126 Å². The van der Waals surface area contributed by atoms with Gasteiger partial charge in [-0.15, -0.1) is 0 Å². The van der Waals surface area contributed by atoms with E-state index in [1.54, 1.807) is 19.3 Å². The van der Waals surface area contributed by atoms with Gasteiger partial charge in [-0.3, -0.25) is 14.3 Å². The number of nitrogens with zero attached hydrogens (tertiary/aromatic N) is 1. The lowest BCUT2D eigenvalue weighted by molar-refractivity contribution is 0.484. The molecule has 0 atom stereocenters. The number of aryl methyl sites for hydroxylation is 1. The summed E-state index contributed by atoms with van der Waals surface area (Å²) in [7, 11) is -4.37. The maximum atomic E-state index is 11.2. The first-order valence-corrected chi connectivity index (χ1v) is 7.99. The molecule has 7 nitrogen and oxygen atoms in total. The molecule has 0 bridgehead atoms. The zero-order valence-electron chi connectivity index (χ0n) is 12.2. The van der Waals surface area contributed by atoms with Gasteiger partial charge in [-0.05, 0) is 36.8 Å². The van der Waals surface area contributed by atoms with Crippen molar-refractivity contribution in [1.29, 1.82) is 0 Å². The standard InChI is InChI=1S/C10H10N2O4S.C5H5N/c1-5-4-8(13)12-6-2-3-7(17(14,15)16)10(11)9(5)6;1-2-4-6-5-3-1/h2-4H,11H2,1H3,(H,12,13)(H,14,15,16);1-5H. The molecule has 2 heterocycles. The highest BCUT2D eigenvalue weighted by molar-refractivity contribution is 7.86. The highest BCUT2D eigenvalue weighted by Gasteiger charge is 2.17. The van der Waals surface area contributed by atoms with E-state index in [9.17, 15) is 13.2 Å². The van der Waals surface area contributed by atoms with Gasteiger partial charge in [0, 0.05) is 23.8 Å². The van der Waals surface area contributed by atoms with Crippen LogP contribution >= 0.6 is 0 Å². The number of nitrogens with one attached hydrogen (secondary N) is 1. The molecule has 0 amide bonds. The number of aromatic nitrogens is 2. The van der Waals surface area contributed by atoms with Gasteiger partial charge in [0.05, 0.1) is 11.2 Å². The number of anilines is 1. The molecule has 0 aliphatic heterocycles. The van der Waals surface area contributed by atoms with Gasteiger partial charge >= 0.3 is 0 Å². The number of nitrogens with two attached hydrogens (primary N) is 1. The van der Waals surface area contributed by atoms with Gasteiger partial charge in [0.15, 0.2) is 0 Å². The van der Waals surface area contributed by atoms with Crippen molar-refractivity contribution in [3.05, 3.63) is 64.7 Å². The first-order chi connectivity index (χ1) is 10.8. The van der Waals surface area contributed by atoms with Crippen molar-refractivity contribution >= 4 is 26.7 Å². The molecular weight excluding hydrogens is 318 g/mol. The summed E-state index contributed by atoms with van der Waals surface area (Å²) in [4.78, 5) is 17.2. The molecule has 3 rings (SSSR count). The Morgan fingerprint density at radius 1 is 1.17 bits per heavy atom. The number of pyridine rings is 2. The smallest absolute Gasteiger partial charge is 0.296 e. The first kappa shape index (κ1) is 16.7. The minimum Gasteiger partial charge on any atom is -0.397 e. The second kappa shape index (κ2) is 6.59. The third-order valence-corrected chi connectivity index (χ3v) is 3.96. The summed E-state index contributed by atoms with van der Waals surface area (Å²) in [5.41, 5.74) is 6.31. The molecule has 1 aromatic carbocycles. The Labute approximate surface area is 132 Å². The Bertz CT molecular complexity index is 956. The Kier molecular flexibility index (Phi) is 4.77. The van der Waals surface area contributed by atoms with Gasteiger partial charge in [-0.1, -0.05) is 6.07 Å². The molecule has 23 heavy (non-hydrogen) atoms. The highest BCUT2D eigenvalue weighted by atomic mass is 32.2. The maximum absolute atomic E-state index is 11.2. The van der Waals surface area contributed by atoms with E-state index in [1.807, 2.05) is 18.2 Å². The highest BCUT2D eigenvalue weighted by Crippen LogP contribution is 2.28. The molecule has 0 saturated heterocycles. The lowest BCUT2D eigenvalue weighted by Crippen LogP contribution is -2.09. The largest absolute Gasteiger partial charge is 0.397 e. The van der Waals surface area contributed by atoms with Crippen molar-refractivity contribution in [2.45, 2.75) is 11.8 Å². The predicted molar refractivity (Wildman–Crippen MR) is 87.8 cm³/mol. The van der Waals surface area contributed by atoms with Crippen LogP contribution in [0.4, 0.5) is 5.69 Å². The average molecular weight is 333 g/mol. The van der Waals surface area contributed by atoms with Crippen molar-refractivity contribution in [3.63, 3.8) is 0 Å². The van der Waals surface area contributed by atoms with Crippen LogP contribution < -0.4 is 11.3 Å². The maximum Gasteiger partial charge on any atom is 0.296 e. The molecule has 120 valence electrons. The van der Waals surface area contributed by atoms with Crippen LogP contribution in [0.3, 0.4) is 0 Å². The van der Waals surface area contributed by atoms with Crippen LogP contribution in [0.1, 0.15) is 5.56 Å². The van der Waals surface area contributed by atoms with E-state index in [1.165, 1.54) is 12.1 Å². The van der Waals surface area contributed by atoms with Gasteiger partial charge in [0.25, 0.3) is 10.1 Å². The fourth-order valence-corrected chi connectivity index (χ4v) is 2.72.